The highest BCUT2D eigenvalue weighted by atomic mass is 35.5. The highest BCUT2D eigenvalue weighted by Crippen LogP contribution is 2.30. The highest BCUT2D eigenvalue weighted by Gasteiger charge is 2.26. The number of sulfone groups is 1. The number of carbonyl (C=O) groups is 2. The second-order valence-corrected chi connectivity index (χ2v) is 10.0. The molecule has 0 unspecified atom stereocenters. The molecule has 6 nitrogen and oxygen atoms in total. The maximum Gasteiger partial charge on any atom is 0.251 e. The molecule has 2 aromatic carbocycles. The number of hydrogen-bond donors (Lipinski definition) is 2. The van der Waals surface area contributed by atoms with Gasteiger partial charge in [-0.1, -0.05) is 31.4 Å². The summed E-state index contributed by atoms with van der Waals surface area (Å²) in [5, 5.41) is 6.01. The molecule has 0 aromatic heterocycles. The summed E-state index contributed by atoms with van der Waals surface area (Å²) in [7, 11) is -3.92. The predicted molar refractivity (Wildman–Crippen MR) is 117 cm³/mol. The lowest BCUT2D eigenvalue weighted by molar-refractivity contribution is -0.114. The van der Waals surface area contributed by atoms with Gasteiger partial charge in [-0.15, -0.1) is 0 Å². The van der Waals surface area contributed by atoms with Gasteiger partial charge in [-0.25, -0.2) is 8.42 Å². The Bertz CT molecular complexity index is 1050. The molecular formula is C22H25ClN2O4S. The first-order chi connectivity index (χ1) is 14.2. The Kier molecular flexibility index (Phi) is 6.83. The Morgan fingerprint density at radius 1 is 1.03 bits per heavy atom. The van der Waals surface area contributed by atoms with Crippen LogP contribution in [0.3, 0.4) is 0 Å². The Labute approximate surface area is 181 Å². The molecular weight excluding hydrogens is 424 g/mol. The molecule has 2 amide bonds. The van der Waals surface area contributed by atoms with Crippen molar-refractivity contribution in [3.63, 3.8) is 0 Å². The van der Waals surface area contributed by atoms with Crippen LogP contribution in [0, 0.1) is 5.92 Å². The van der Waals surface area contributed by atoms with Crippen molar-refractivity contribution in [2.45, 2.75) is 55.4 Å². The van der Waals surface area contributed by atoms with Gasteiger partial charge in [-0.3, -0.25) is 9.59 Å². The zero-order chi connectivity index (χ0) is 21.9. The number of halogens is 1. The van der Waals surface area contributed by atoms with E-state index in [0.717, 1.165) is 25.7 Å². The van der Waals surface area contributed by atoms with Gasteiger partial charge in [0.1, 0.15) is 0 Å². The molecule has 3 rings (SSSR count). The summed E-state index contributed by atoms with van der Waals surface area (Å²) in [4.78, 5) is 24.4. The second kappa shape index (κ2) is 9.18. The van der Waals surface area contributed by atoms with Gasteiger partial charge in [0.2, 0.25) is 15.7 Å². The van der Waals surface area contributed by atoms with E-state index in [2.05, 4.69) is 17.6 Å². The van der Waals surface area contributed by atoms with Gasteiger partial charge >= 0.3 is 0 Å². The highest BCUT2D eigenvalue weighted by molar-refractivity contribution is 7.91. The van der Waals surface area contributed by atoms with Crippen LogP contribution in [0.1, 0.15) is 49.9 Å². The second-order valence-electron chi connectivity index (χ2n) is 7.69. The van der Waals surface area contributed by atoms with Crippen molar-refractivity contribution in [3.8, 4) is 0 Å². The van der Waals surface area contributed by atoms with E-state index in [9.17, 15) is 18.0 Å². The number of benzene rings is 2. The van der Waals surface area contributed by atoms with Gasteiger partial charge in [0.25, 0.3) is 5.91 Å². The molecule has 1 saturated carbocycles. The normalized spacial score (nSPS) is 19.2. The van der Waals surface area contributed by atoms with Crippen molar-refractivity contribution in [2.24, 2.45) is 5.92 Å². The number of anilines is 1. The topological polar surface area (TPSA) is 92.3 Å². The third-order valence-corrected chi connectivity index (χ3v) is 7.47. The lowest BCUT2D eigenvalue weighted by Crippen LogP contribution is -2.41. The van der Waals surface area contributed by atoms with Crippen molar-refractivity contribution < 1.29 is 18.0 Å². The summed E-state index contributed by atoms with van der Waals surface area (Å²) in [6.07, 6.45) is 4.23. The minimum atomic E-state index is -3.92. The molecule has 2 aromatic rings. The number of amides is 2. The van der Waals surface area contributed by atoms with Crippen LogP contribution in [-0.2, 0) is 14.6 Å². The molecule has 160 valence electrons. The number of nitrogens with one attached hydrogen (secondary N) is 2. The molecule has 2 atom stereocenters. The molecule has 0 radical (unpaired) electrons. The average molecular weight is 449 g/mol. The first kappa shape index (κ1) is 22.3. The van der Waals surface area contributed by atoms with Crippen LogP contribution in [0.5, 0.6) is 0 Å². The fourth-order valence-corrected chi connectivity index (χ4v) is 5.24. The number of carbonyl (C=O) groups excluding carboxylic acids is 2. The van der Waals surface area contributed by atoms with Crippen LogP contribution in [-0.4, -0.2) is 26.3 Å². The summed E-state index contributed by atoms with van der Waals surface area (Å²) in [5.74, 6) is -0.320. The largest absolute Gasteiger partial charge is 0.349 e. The van der Waals surface area contributed by atoms with Crippen LogP contribution in [0.25, 0.3) is 0 Å². The Hall–Kier alpha value is -2.38. The molecule has 0 bridgehead atoms. The molecule has 2 N–H and O–H groups in total. The fraction of sp³-hybridized carbons (Fsp3) is 0.364. The van der Waals surface area contributed by atoms with Gasteiger partial charge in [0.15, 0.2) is 0 Å². The van der Waals surface area contributed by atoms with E-state index in [1.807, 2.05) is 0 Å². The van der Waals surface area contributed by atoms with Gasteiger partial charge in [0.05, 0.1) is 15.5 Å². The summed E-state index contributed by atoms with van der Waals surface area (Å²) in [6.45, 7) is 3.41. The molecule has 1 aliphatic carbocycles. The minimum Gasteiger partial charge on any atom is -0.349 e. The van der Waals surface area contributed by atoms with Gasteiger partial charge in [0, 0.05) is 23.6 Å². The monoisotopic (exact) mass is 448 g/mol. The first-order valence-corrected chi connectivity index (χ1v) is 11.8. The molecule has 1 fully saturated rings. The maximum absolute atomic E-state index is 13.1. The number of hydrogen-bond acceptors (Lipinski definition) is 4. The zero-order valence-corrected chi connectivity index (χ0v) is 18.5. The third-order valence-electron chi connectivity index (χ3n) is 5.39. The van der Waals surface area contributed by atoms with Crippen molar-refractivity contribution in [2.75, 3.05) is 5.32 Å². The molecule has 0 aliphatic heterocycles. The van der Waals surface area contributed by atoms with E-state index >= 15 is 0 Å². The zero-order valence-electron chi connectivity index (χ0n) is 16.9. The van der Waals surface area contributed by atoms with Crippen LogP contribution >= 0.6 is 11.6 Å². The van der Waals surface area contributed by atoms with E-state index in [4.69, 9.17) is 11.6 Å². The van der Waals surface area contributed by atoms with Crippen molar-refractivity contribution in [3.05, 3.63) is 53.1 Å². The summed E-state index contributed by atoms with van der Waals surface area (Å²) < 4.78 is 26.2. The standard InChI is InChI=1S/C22H25ClN2O4S/c1-14-5-3-4-6-19(14)25-22(27)16-7-12-21(20(13-16)24-15(2)26)30(28,29)18-10-8-17(23)9-11-18/h7-14,19H,3-6H2,1-2H3,(H,24,26)(H,25,27)/t14-,19+/m1/s1. The lowest BCUT2D eigenvalue weighted by atomic mass is 9.86. The maximum atomic E-state index is 13.1. The van der Waals surface area contributed by atoms with E-state index in [0.29, 0.717) is 16.5 Å². The van der Waals surface area contributed by atoms with Gasteiger partial charge in [-0.2, -0.15) is 0 Å². The Morgan fingerprint density at radius 3 is 2.33 bits per heavy atom. The third kappa shape index (κ3) is 5.02. The van der Waals surface area contributed by atoms with Crippen LogP contribution in [0.15, 0.2) is 52.3 Å². The van der Waals surface area contributed by atoms with Crippen LogP contribution < -0.4 is 10.6 Å². The smallest absolute Gasteiger partial charge is 0.251 e. The molecule has 1 aliphatic rings. The summed E-state index contributed by atoms with van der Waals surface area (Å²) >= 11 is 5.86. The minimum absolute atomic E-state index is 0.0479. The van der Waals surface area contributed by atoms with Crippen molar-refractivity contribution in [1.82, 2.24) is 5.32 Å². The average Bonchev–Trinajstić information content (AvgIpc) is 2.69. The predicted octanol–water partition coefficient (Wildman–Crippen LogP) is 4.44. The van der Waals surface area contributed by atoms with Gasteiger partial charge < -0.3 is 10.6 Å². The SMILES string of the molecule is CC(=O)Nc1cc(C(=O)N[C@H]2CCCC[C@H]2C)ccc1S(=O)(=O)c1ccc(Cl)cc1. The van der Waals surface area contributed by atoms with Crippen LogP contribution in [0.2, 0.25) is 5.02 Å². The molecule has 0 spiro atoms. The van der Waals surface area contributed by atoms with E-state index in [1.165, 1.54) is 49.4 Å². The Morgan fingerprint density at radius 2 is 1.70 bits per heavy atom. The Balaban J connectivity index is 1.94. The van der Waals surface area contributed by atoms with Crippen molar-refractivity contribution >= 4 is 38.9 Å². The van der Waals surface area contributed by atoms with Gasteiger partial charge in [-0.05, 0) is 61.2 Å². The van der Waals surface area contributed by atoms with E-state index in [1.54, 1.807) is 0 Å². The molecule has 0 saturated heterocycles. The molecule has 0 heterocycles. The quantitative estimate of drug-likeness (QED) is 0.707. The summed E-state index contributed by atoms with van der Waals surface area (Å²) in [6, 6.07) is 10.1. The lowest BCUT2D eigenvalue weighted by Gasteiger charge is -2.29. The summed E-state index contributed by atoms with van der Waals surface area (Å²) in [5.41, 5.74) is 0.369. The number of rotatable bonds is 5. The van der Waals surface area contributed by atoms with E-state index < -0.39 is 15.7 Å². The molecule has 8 heteroatoms. The van der Waals surface area contributed by atoms with Crippen LogP contribution in [0.4, 0.5) is 5.69 Å². The van der Waals surface area contributed by atoms with Crippen molar-refractivity contribution in [1.29, 1.82) is 0 Å². The first-order valence-electron chi connectivity index (χ1n) is 9.91. The van der Waals surface area contributed by atoms with E-state index in [-0.39, 0.29) is 27.4 Å². The molecule has 30 heavy (non-hydrogen) atoms. The fourth-order valence-electron chi connectivity index (χ4n) is 3.72.